The maximum Gasteiger partial charge on any atom is 0.283 e. The van der Waals surface area contributed by atoms with Gasteiger partial charge in [0.25, 0.3) is 5.97 Å². The topological polar surface area (TPSA) is 82.1 Å². The van der Waals surface area contributed by atoms with Crippen LogP contribution in [0.4, 0.5) is 0 Å². The molecule has 0 aromatic carbocycles. The van der Waals surface area contributed by atoms with E-state index in [-0.39, 0.29) is 35.9 Å². The lowest BCUT2D eigenvalue weighted by atomic mass is 9.45. The second-order valence-electron chi connectivity index (χ2n) is 11.2. The van der Waals surface area contributed by atoms with Crippen molar-refractivity contribution in [2.24, 2.45) is 28.6 Å². The highest BCUT2D eigenvalue weighted by molar-refractivity contribution is 6.26. The van der Waals surface area contributed by atoms with Crippen LogP contribution in [0.2, 0.25) is 0 Å². The molecule has 0 radical (unpaired) electrons. The van der Waals surface area contributed by atoms with Gasteiger partial charge >= 0.3 is 0 Å². The number of allylic oxidation sites excluding steroid dienone is 4. The van der Waals surface area contributed by atoms with Crippen molar-refractivity contribution in [1.82, 2.24) is 0 Å². The number of carbonyl (C=O) groups excluding carboxylic acids is 2. The van der Waals surface area contributed by atoms with Crippen LogP contribution in [0, 0.1) is 28.6 Å². The summed E-state index contributed by atoms with van der Waals surface area (Å²) < 4.78 is 18.0. The maximum atomic E-state index is 13.6. The molecule has 182 valence electrons. The zero-order chi connectivity index (χ0) is 24.0. The third kappa shape index (κ3) is 2.65. The van der Waals surface area contributed by atoms with Gasteiger partial charge in [0, 0.05) is 24.4 Å². The number of ether oxygens (including phenoxy) is 3. The van der Waals surface area contributed by atoms with Gasteiger partial charge in [0.15, 0.2) is 11.6 Å². The van der Waals surface area contributed by atoms with E-state index >= 15 is 0 Å². The number of fused-ring (bicyclic) bond motifs is 6. The van der Waals surface area contributed by atoms with Gasteiger partial charge < -0.3 is 19.3 Å². The van der Waals surface area contributed by atoms with Gasteiger partial charge in [0.1, 0.15) is 12.2 Å². The zero-order valence-corrected chi connectivity index (χ0v) is 20.9. The molecule has 4 fully saturated rings. The molecule has 1 spiro atoms. The van der Waals surface area contributed by atoms with Crippen LogP contribution in [-0.2, 0) is 23.8 Å². The van der Waals surface area contributed by atoms with E-state index < -0.39 is 33.4 Å². The van der Waals surface area contributed by atoms with Crippen molar-refractivity contribution in [3.8, 4) is 0 Å². The number of aliphatic hydroxyl groups excluding tert-OH is 1. The summed E-state index contributed by atoms with van der Waals surface area (Å²) in [6, 6.07) is 0. The van der Waals surface area contributed by atoms with Crippen LogP contribution < -0.4 is 0 Å². The van der Waals surface area contributed by atoms with Crippen molar-refractivity contribution in [3.05, 3.63) is 23.8 Å². The Labute approximate surface area is 200 Å². The molecule has 1 aliphatic heterocycles. The highest BCUT2D eigenvalue weighted by atomic mass is 35.5. The first kappa shape index (κ1) is 23.7. The number of hydrogen-bond acceptors (Lipinski definition) is 6. The molecule has 1 saturated heterocycles. The van der Waals surface area contributed by atoms with E-state index in [2.05, 4.69) is 13.8 Å². The standard InChI is InChI=1S/C26H35ClO6/c1-6-24(31-5)32-14-21(30)26(33-24)15(2)11-19-18-8-7-16-12-17(28)9-10-22(16,3)25(18,27)20(29)13-23(19,26)4/h9-10,12,15,18-20,29H,6-8,11,13-14H2,1-5H3/t15-,18-,19-,20-,22-,23-,24?,25-,26-/m0/s1. The Morgan fingerprint density at radius 3 is 2.67 bits per heavy atom. The van der Waals surface area contributed by atoms with Gasteiger partial charge in [-0.3, -0.25) is 9.59 Å². The monoisotopic (exact) mass is 478 g/mol. The van der Waals surface area contributed by atoms with Crippen LogP contribution in [0.3, 0.4) is 0 Å². The van der Waals surface area contributed by atoms with E-state index in [0.717, 1.165) is 24.8 Å². The fourth-order valence-corrected chi connectivity index (χ4v) is 8.90. The van der Waals surface area contributed by atoms with Crippen LogP contribution in [0.1, 0.15) is 59.8 Å². The third-order valence-electron chi connectivity index (χ3n) is 10.1. The first-order chi connectivity index (χ1) is 15.4. The van der Waals surface area contributed by atoms with Crippen molar-refractivity contribution in [1.29, 1.82) is 0 Å². The SMILES string of the molecule is CCC1(OC)OCC(=O)[C@@]2(O1)[C@@H](C)C[C@H]1[C@@H]3CCC4=CC(=O)C=C[C@]4(C)[C@@]3(Cl)[C@@H](O)C[C@@]12C. The van der Waals surface area contributed by atoms with E-state index in [1.54, 1.807) is 19.3 Å². The van der Waals surface area contributed by atoms with E-state index in [4.69, 9.17) is 25.8 Å². The minimum Gasteiger partial charge on any atom is -0.391 e. The van der Waals surface area contributed by atoms with E-state index in [0.29, 0.717) is 12.8 Å². The van der Waals surface area contributed by atoms with Crippen molar-refractivity contribution in [2.75, 3.05) is 13.7 Å². The summed E-state index contributed by atoms with van der Waals surface area (Å²) in [5.74, 6) is -1.42. The van der Waals surface area contributed by atoms with E-state index in [9.17, 15) is 14.7 Å². The predicted octanol–water partition coefficient (Wildman–Crippen LogP) is 3.94. The Hall–Kier alpha value is -1.05. The fraction of sp³-hybridized carbons (Fsp3) is 0.769. The lowest BCUT2D eigenvalue weighted by Crippen LogP contribution is -2.72. The van der Waals surface area contributed by atoms with Crippen molar-refractivity contribution in [2.45, 2.75) is 82.4 Å². The van der Waals surface area contributed by atoms with E-state index in [1.807, 2.05) is 19.9 Å². The summed E-state index contributed by atoms with van der Waals surface area (Å²) in [6.07, 6.45) is 7.36. The molecule has 6 nitrogen and oxygen atoms in total. The number of Topliss-reactive ketones (excluding diaryl/α,β-unsaturated/α-hetero) is 1. The molecule has 0 aromatic rings. The molecule has 1 N–H and O–H groups in total. The average molecular weight is 479 g/mol. The summed E-state index contributed by atoms with van der Waals surface area (Å²) in [5, 5.41) is 11.8. The molecule has 0 aromatic heterocycles. The maximum absolute atomic E-state index is 13.6. The molecule has 1 unspecified atom stereocenters. The van der Waals surface area contributed by atoms with Crippen LogP contribution in [0.5, 0.6) is 0 Å². The van der Waals surface area contributed by atoms with Gasteiger partial charge in [-0.1, -0.05) is 39.3 Å². The van der Waals surface area contributed by atoms with Crippen LogP contribution in [0.15, 0.2) is 23.8 Å². The molecule has 7 heteroatoms. The van der Waals surface area contributed by atoms with Gasteiger partial charge in [0.2, 0.25) is 0 Å². The number of halogens is 1. The van der Waals surface area contributed by atoms with Gasteiger partial charge in [-0.15, -0.1) is 11.6 Å². The Morgan fingerprint density at radius 2 is 2.00 bits per heavy atom. The molecule has 0 bridgehead atoms. The first-order valence-corrected chi connectivity index (χ1v) is 12.6. The number of ketones is 2. The Balaban J connectivity index is 1.62. The number of alkyl halides is 1. The number of methoxy groups -OCH3 is 1. The Bertz CT molecular complexity index is 954. The second-order valence-corrected chi connectivity index (χ2v) is 11.8. The van der Waals surface area contributed by atoms with Crippen LogP contribution in [0.25, 0.3) is 0 Å². The zero-order valence-electron chi connectivity index (χ0n) is 20.2. The molecule has 1 heterocycles. The number of hydrogen-bond donors (Lipinski definition) is 1. The van der Waals surface area contributed by atoms with Gasteiger partial charge in [-0.2, -0.15) is 0 Å². The molecule has 0 amide bonds. The lowest BCUT2D eigenvalue weighted by Gasteiger charge is -2.65. The van der Waals surface area contributed by atoms with E-state index in [1.165, 1.54) is 0 Å². The molecule has 4 aliphatic carbocycles. The van der Waals surface area contributed by atoms with Gasteiger partial charge in [-0.05, 0) is 55.6 Å². The summed E-state index contributed by atoms with van der Waals surface area (Å²) in [7, 11) is 1.54. The van der Waals surface area contributed by atoms with Crippen molar-refractivity contribution >= 4 is 23.2 Å². The quantitative estimate of drug-likeness (QED) is 0.605. The van der Waals surface area contributed by atoms with Gasteiger partial charge in [0.05, 0.1) is 11.0 Å². The third-order valence-corrected chi connectivity index (χ3v) is 11.0. The van der Waals surface area contributed by atoms with Crippen LogP contribution in [-0.4, -0.2) is 52.9 Å². The first-order valence-electron chi connectivity index (χ1n) is 12.2. The largest absolute Gasteiger partial charge is 0.391 e. The highest BCUT2D eigenvalue weighted by Crippen LogP contribution is 2.72. The van der Waals surface area contributed by atoms with Crippen molar-refractivity contribution < 1.29 is 28.9 Å². The molecule has 9 atom stereocenters. The minimum absolute atomic E-state index is 0.0264. The fourth-order valence-electron chi connectivity index (χ4n) is 8.38. The number of rotatable bonds is 2. The highest BCUT2D eigenvalue weighted by Gasteiger charge is 2.77. The van der Waals surface area contributed by atoms with Crippen LogP contribution >= 0.6 is 11.6 Å². The molecule has 33 heavy (non-hydrogen) atoms. The summed E-state index contributed by atoms with van der Waals surface area (Å²) in [4.78, 5) is 24.7. The average Bonchev–Trinajstić information content (AvgIpc) is 2.99. The predicted molar refractivity (Wildman–Crippen MR) is 122 cm³/mol. The molecule has 3 saturated carbocycles. The smallest absolute Gasteiger partial charge is 0.283 e. The molecular weight excluding hydrogens is 444 g/mol. The summed E-state index contributed by atoms with van der Waals surface area (Å²) in [6.45, 7) is 8.05. The second kappa shape index (κ2) is 7.23. The molecule has 5 aliphatic rings. The van der Waals surface area contributed by atoms with Crippen molar-refractivity contribution in [3.63, 3.8) is 0 Å². The number of carbonyl (C=O) groups is 2. The molecule has 5 rings (SSSR count). The molecular formula is C26H35ClO6. The summed E-state index contributed by atoms with van der Waals surface area (Å²) in [5.41, 5.74) is -1.37. The lowest BCUT2D eigenvalue weighted by molar-refractivity contribution is -0.428. The summed E-state index contributed by atoms with van der Waals surface area (Å²) >= 11 is 7.51. The Kier molecular flexibility index (Phi) is 5.19. The number of aliphatic hydroxyl groups is 1. The normalized spacial score (nSPS) is 53.5. The van der Waals surface area contributed by atoms with Gasteiger partial charge in [-0.25, -0.2) is 0 Å². The minimum atomic E-state index is -1.28. The Morgan fingerprint density at radius 1 is 1.27 bits per heavy atom.